The van der Waals surface area contributed by atoms with Gasteiger partial charge in [0.15, 0.2) is 0 Å². The molecule has 0 saturated carbocycles. The summed E-state index contributed by atoms with van der Waals surface area (Å²) < 4.78 is 0. The van der Waals surface area contributed by atoms with Gasteiger partial charge in [0.25, 0.3) is 0 Å². The molecular weight excluding hydrogens is 194 g/mol. The van der Waals surface area contributed by atoms with Crippen molar-refractivity contribution in [1.82, 2.24) is 5.32 Å². The van der Waals surface area contributed by atoms with Crippen LogP contribution in [0.25, 0.3) is 0 Å². The average Bonchev–Trinajstić information content (AvgIpc) is 2.17. The molecule has 0 aliphatic heterocycles. The van der Waals surface area contributed by atoms with Crippen LogP contribution in [-0.4, -0.2) is 18.5 Å². The first-order chi connectivity index (χ1) is 6.65. The maximum absolute atomic E-state index is 5.78. The molecule has 1 atom stereocenters. The molecule has 0 radical (unpaired) electrons. The number of rotatable bonds is 8. The zero-order chi connectivity index (χ0) is 11.0. The zero-order valence-electron chi connectivity index (χ0n) is 10.1. The van der Waals surface area contributed by atoms with Gasteiger partial charge in [0, 0.05) is 11.9 Å². The Hall–Kier alpha value is 0.250. The Morgan fingerprint density at radius 3 is 2.07 bits per heavy atom. The quantitative estimate of drug-likeness (QED) is 0.615. The van der Waals surface area contributed by atoms with Crippen LogP contribution >= 0.6 is 11.6 Å². The SMILES string of the molecule is CCC(CC)CNC(CCCl)C(C)C. The summed E-state index contributed by atoms with van der Waals surface area (Å²) >= 11 is 5.78. The van der Waals surface area contributed by atoms with E-state index in [1.54, 1.807) is 0 Å². The first kappa shape index (κ1) is 14.2. The van der Waals surface area contributed by atoms with Crippen molar-refractivity contribution in [1.29, 1.82) is 0 Å². The topological polar surface area (TPSA) is 12.0 Å². The van der Waals surface area contributed by atoms with Crippen LogP contribution in [0.15, 0.2) is 0 Å². The van der Waals surface area contributed by atoms with Gasteiger partial charge in [-0.05, 0) is 24.8 Å². The van der Waals surface area contributed by atoms with Crippen LogP contribution in [0, 0.1) is 11.8 Å². The molecule has 1 N–H and O–H groups in total. The number of halogens is 1. The number of hydrogen-bond acceptors (Lipinski definition) is 1. The fraction of sp³-hybridized carbons (Fsp3) is 1.00. The van der Waals surface area contributed by atoms with Gasteiger partial charge in [0.05, 0.1) is 0 Å². The van der Waals surface area contributed by atoms with Crippen LogP contribution in [0.2, 0.25) is 0 Å². The van der Waals surface area contributed by atoms with Crippen LogP contribution in [0.5, 0.6) is 0 Å². The number of hydrogen-bond donors (Lipinski definition) is 1. The molecule has 0 amide bonds. The first-order valence-corrected chi connectivity index (χ1v) is 6.48. The third-order valence-corrected chi connectivity index (χ3v) is 3.27. The van der Waals surface area contributed by atoms with Crippen molar-refractivity contribution >= 4 is 11.6 Å². The second-order valence-electron chi connectivity index (χ2n) is 4.42. The van der Waals surface area contributed by atoms with Crippen molar-refractivity contribution in [2.24, 2.45) is 11.8 Å². The summed E-state index contributed by atoms with van der Waals surface area (Å²) in [4.78, 5) is 0. The number of nitrogens with one attached hydrogen (secondary N) is 1. The largest absolute Gasteiger partial charge is 0.313 e. The van der Waals surface area contributed by atoms with Crippen LogP contribution in [0.1, 0.15) is 47.0 Å². The van der Waals surface area contributed by atoms with Crippen LogP contribution in [-0.2, 0) is 0 Å². The van der Waals surface area contributed by atoms with E-state index in [9.17, 15) is 0 Å². The summed E-state index contributed by atoms with van der Waals surface area (Å²) in [6, 6.07) is 0.591. The zero-order valence-corrected chi connectivity index (χ0v) is 10.9. The fourth-order valence-corrected chi connectivity index (χ4v) is 1.92. The molecule has 0 saturated heterocycles. The molecule has 0 spiro atoms. The van der Waals surface area contributed by atoms with Crippen molar-refractivity contribution in [3.63, 3.8) is 0 Å². The standard InChI is InChI=1S/C12H26ClN/c1-5-11(6-2)9-14-12(7-8-13)10(3)4/h10-12,14H,5-9H2,1-4H3. The summed E-state index contributed by atoms with van der Waals surface area (Å²) in [5.74, 6) is 2.27. The minimum atomic E-state index is 0.591. The van der Waals surface area contributed by atoms with Gasteiger partial charge in [-0.2, -0.15) is 0 Å². The predicted molar refractivity (Wildman–Crippen MR) is 66.0 cm³/mol. The monoisotopic (exact) mass is 219 g/mol. The lowest BCUT2D eigenvalue weighted by Crippen LogP contribution is -2.37. The molecule has 1 nitrogen and oxygen atoms in total. The van der Waals surface area contributed by atoms with Crippen LogP contribution in [0.4, 0.5) is 0 Å². The van der Waals surface area contributed by atoms with Crippen LogP contribution in [0.3, 0.4) is 0 Å². The summed E-state index contributed by atoms with van der Waals surface area (Å²) in [7, 11) is 0. The molecule has 14 heavy (non-hydrogen) atoms. The Morgan fingerprint density at radius 2 is 1.71 bits per heavy atom. The van der Waals surface area contributed by atoms with E-state index in [1.807, 2.05) is 0 Å². The number of alkyl halides is 1. The van der Waals surface area contributed by atoms with Gasteiger partial charge < -0.3 is 5.32 Å². The summed E-state index contributed by atoms with van der Waals surface area (Å²) in [5.41, 5.74) is 0. The third-order valence-electron chi connectivity index (χ3n) is 3.05. The molecule has 0 fully saturated rings. The van der Waals surface area contributed by atoms with Crippen LogP contribution < -0.4 is 5.32 Å². The molecule has 0 aliphatic rings. The molecule has 86 valence electrons. The third kappa shape index (κ3) is 5.87. The Morgan fingerprint density at radius 1 is 1.14 bits per heavy atom. The molecule has 0 heterocycles. The summed E-state index contributed by atoms with van der Waals surface area (Å²) in [5, 5.41) is 3.64. The maximum atomic E-state index is 5.78. The lowest BCUT2D eigenvalue weighted by Gasteiger charge is -2.24. The van der Waals surface area contributed by atoms with Gasteiger partial charge in [-0.1, -0.05) is 40.5 Å². The molecular formula is C12H26ClN. The highest BCUT2D eigenvalue weighted by Gasteiger charge is 2.13. The predicted octanol–water partition coefficient (Wildman–Crippen LogP) is 3.67. The second-order valence-corrected chi connectivity index (χ2v) is 4.80. The van der Waals surface area contributed by atoms with Gasteiger partial charge in [0.1, 0.15) is 0 Å². The smallest absolute Gasteiger partial charge is 0.0238 e. The van der Waals surface area contributed by atoms with E-state index in [2.05, 4.69) is 33.0 Å². The highest BCUT2D eigenvalue weighted by atomic mass is 35.5. The fourth-order valence-electron chi connectivity index (χ4n) is 1.68. The van der Waals surface area contributed by atoms with E-state index in [0.29, 0.717) is 12.0 Å². The molecule has 1 unspecified atom stereocenters. The lowest BCUT2D eigenvalue weighted by molar-refractivity contribution is 0.346. The van der Waals surface area contributed by atoms with E-state index < -0.39 is 0 Å². The first-order valence-electron chi connectivity index (χ1n) is 5.94. The molecule has 0 aromatic carbocycles. The molecule has 0 aliphatic carbocycles. The van der Waals surface area contributed by atoms with Crippen molar-refractivity contribution in [3.05, 3.63) is 0 Å². The van der Waals surface area contributed by atoms with Gasteiger partial charge in [-0.3, -0.25) is 0 Å². The van der Waals surface area contributed by atoms with E-state index in [1.165, 1.54) is 12.8 Å². The summed E-state index contributed by atoms with van der Waals surface area (Å²) in [6.07, 6.45) is 3.63. The van der Waals surface area contributed by atoms with Gasteiger partial charge in [-0.25, -0.2) is 0 Å². The average molecular weight is 220 g/mol. The van der Waals surface area contributed by atoms with Gasteiger partial charge in [-0.15, -0.1) is 11.6 Å². The van der Waals surface area contributed by atoms with E-state index >= 15 is 0 Å². The molecule has 2 heteroatoms. The summed E-state index contributed by atoms with van der Waals surface area (Å²) in [6.45, 7) is 10.2. The van der Waals surface area contributed by atoms with Crippen molar-refractivity contribution < 1.29 is 0 Å². The minimum Gasteiger partial charge on any atom is -0.313 e. The maximum Gasteiger partial charge on any atom is 0.0238 e. The Balaban J connectivity index is 3.79. The Labute approximate surface area is 94.6 Å². The van der Waals surface area contributed by atoms with Gasteiger partial charge in [0.2, 0.25) is 0 Å². The minimum absolute atomic E-state index is 0.591. The Kier molecular flexibility index (Phi) is 8.70. The van der Waals surface area contributed by atoms with E-state index in [-0.39, 0.29) is 0 Å². The highest BCUT2D eigenvalue weighted by Crippen LogP contribution is 2.10. The van der Waals surface area contributed by atoms with Crippen molar-refractivity contribution in [2.75, 3.05) is 12.4 Å². The second kappa shape index (κ2) is 8.55. The van der Waals surface area contributed by atoms with E-state index in [0.717, 1.165) is 24.8 Å². The highest BCUT2D eigenvalue weighted by molar-refractivity contribution is 6.17. The van der Waals surface area contributed by atoms with E-state index in [4.69, 9.17) is 11.6 Å². The molecule has 0 aromatic heterocycles. The van der Waals surface area contributed by atoms with Gasteiger partial charge >= 0.3 is 0 Å². The van der Waals surface area contributed by atoms with Crippen molar-refractivity contribution in [3.8, 4) is 0 Å². The molecule has 0 bridgehead atoms. The Bertz CT molecular complexity index is 121. The van der Waals surface area contributed by atoms with Crippen molar-refractivity contribution in [2.45, 2.75) is 53.0 Å². The normalized spacial score (nSPS) is 13.9. The molecule has 0 aromatic rings. The molecule has 0 rings (SSSR count). The lowest BCUT2D eigenvalue weighted by atomic mass is 9.99.